The van der Waals surface area contributed by atoms with E-state index in [0.29, 0.717) is 32.0 Å². The van der Waals surface area contributed by atoms with Crippen LogP contribution in [0.25, 0.3) is 0 Å². The van der Waals surface area contributed by atoms with Gasteiger partial charge in [-0.25, -0.2) is 19.3 Å². The number of allylic oxidation sites excluding steroid dienone is 2. The van der Waals surface area contributed by atoms with E-state index in [1.54, 1.807) is 0 Å². The van der Waals surface area contributed by atoms with Crippen LogP contribution in [0.15, 0.2) is 25.3 Å². The van der Waals surface area contributed by atoms with Crippen LogP contribution in [-0.4, -0.2) is 58.9 Å². The van der Waals surface area contributed by atoms with E-state index in [9.17, 15) is 8.78 Å². The molecule has 3 aliphatic carbocycles. The molecular weight excluding hydrogens is 677 g/mol. The van der Waals surface area contributed by atoms with E-state index >= 15 is 0 Å². The molecule has 0 spiro atoms. The van der Waals surface area contributed by atoms with Gasteiger partial charge in [0.25, 0.3) is 0 Å². The summed E-state index contributed by atoms with van der Waals surface area (Å²) in [6.07, 6.45) is 19.0. The Morgan fingerprint density at radius 3 is 1.70 bits per heavy atom. The van der Waals surface area contributed by atoms with Gasteiger partial charge in [0.05, 0.1) is 12.2 Å². The molecule has 0 aliphatic heterocycles. The first-order chi connectivity index (χ1) is 17.4. The van der Waals surface area contributed by atoms with Crippen LogP contribution < -0.4 is 0 Å². The molecule has 0 aromatic heterocycles. The van der Waals surface area contributed by atoms with Crippen molar-refractivity contribution in [3.8, 4) is 6.11 Å². The summed E-state index contributed by atoms with van der Waals surface area (Å²) in [6.45, 7) is 8.66. The minimum atomic E-state index is -1.58. The van der Waals surface area contributed by atoms with Crippen molar-refractivity contribution in [3.05, 3.63) is 31.7 Å². The number of unbranched alkanes of at least 4 members (excludes halogenated alkanes) is 1. The molecule has 0 aromatic rings. The van der Waals surface area contributed by atoms with Crippen LogP contribution in [-0.2, 0) is 84.3 Å². The molecule has 233 valence electrons. The Morgan fingerprint density at radius 2 is 1.27 bits per heavy atom. The van der Waals surface area contributed by atoms with E-state index in [1.165, 1.54) is 51.4 Å². The van der Waals surface area contributed by atoms with E-state index in [-0.39, 0.29) is 78.2 Å². The van der Waals surface area contributed by atoms with Gasteiger partial charge in [-0.15, -0.1) is 13.2 Å². The summed E-state index contributed by atoms with van der Waals surface area (Å²) in [4.78, 5) is 0. The SMILES string of the molecule is C=CCCCOC1CCC(OCC2CCC(C3CCC(C=C)CC3)CC2)C(F)C1F.O.OOO.[C-]#CO.[HH].[HH].[V].[V].[Y]. The van der Waals surface area contributed by atoms with Gasteiger partial charge in [-0.3, -0.25) is 0 Å². The monoisotopic (exact) mass is 728 g/mol. The second-order valence-electron chi connectivity index (χ2n) is 10.1. The van der Waals surface area contributed by atoms with Gasteiger partial charge in [-0.1, -0.05) is 17.2 Å². The molecule has 3 fully saturated rings. The summed E-state index contributed by atoms with van der Waals surface area (Å²) in [7, 11) is 0. The van der Waals surface area contributed by atoms with Crippen molar-refractivity contribution in [1.82, 2.24) is 0 Å². The minimum Gasteiger partial charge on any atom is -0.648 e. The van der Waals surface area contributed by atoms with Crippen molar-refractivity contribution >= 4 is 0 Å². The summed E-state index contributed by atoms with van der Waals surface area (Å²) in [5.74, 6) is 2.97. The molecule has 0 bridgehead atoms. The molecule has 0 amide bonds. The van der Waals surface area contributed by atoms with Crippen LogP contribution in [0.1, 0.15) is 79.9 Å². The topological polar surface area (TPSA) is 120 Å². The molecule has 4 atom stereocenters. The normalized spacial score (nSPS) is 30.7. The van der Waals surface area contributed by atoms with E-state index in [2.05, 4.69) is 24.3 Å². The van der Waals surface area contributed by atoms with Gasteiger partial charge in [0.2, 0.25) is 0 Å². The average molecular weight is 728 g/mol. The fourth-order valence-corrected chi connectivity index (χ4v) is 5.81. The van der Waals surface area contributed by atoms with E-state index in [4.69, 9.17) is 31.5 Å². The number of aliphatic hydroxyl groups excluding tert-OH is 1. The standard InChI is InChI=1S/C26H42F2O2.C2HO.H2O3.H2O.2V.Y.2H2/c1-3-5-6-17-29-23-15-16-24(26(28)25(23)27)30-18-20-9-13-22(14-10-20)21-11-7-19(4-2)8-12-21;1-2-3;1-3-2;;;;;;/h3-4,19-26H,1-2,5-18H2;3H;1-2H;1H2;;;;2*1H/q;-1;;;;;;;. The zero-order chi connectivity index (χ0) is 26.8. The van der Waals surface area contributed by atoms with Crippen molar-refractivity contribution in [3.63, 3.8) is 0 Å². The Labute approximate surface area is 291 Å². The van der Waals surface area contributed by atoms with Crippen molar-refractivity contribution in [2.45, 2.75) is 102 Å². The minimum absolute atomic E-state index is 0. The Hall–Kier alpha value is 0.733. The number of rotatable bonds is 10. The van der Waals surface area contributed by atoms with Crippen molar-refractivity contribution < 1.29 is 117 Å². The molecule has 12 heteroatoms. The third-order valence-corrected chi connectivity index (χ3v) is 7.89. The van der Waals surface area contributed by atoms with Crippen molar-refractivity contribution in [2.24, 2.45) is 23.7 Å². The molecule has 5 N–H and O–H groups in total. The van der Waals surface area contributed by atoms with Crippen LogP contribution in [0.3, 0.4) is 0 Å². The smallest absolute Gasteiger partial charge is 0.160 e. The largest absolute Gasteiger partial charge is 0.648 e. The number of hydrogen-bond acceptors (Lipinski definition) is 6. The van der Waals surface area contributed by atoms with E-state index in [1.807, 2.05) is 6.08 Å². The van der Waals surface area contributed by atoms with Gasteiger partial charge in [0.15, 0.2) is 12.3 Å². The molecule has 4 unspecified atom stereocenters. The molecule has 3 rings (SSSR count). The molecule has 3 saturated carbocycles. The van der Waals surface area contributed by atoms with Crippen LogP contribution in [0, 0.1) is 36.2 Å². The molecule has 0 saturated heterocycles. The number of ether oxygens (including phenoxy) is 2. The molecule has 0 aromatic carbocycles. The third kappa shape index (κ3) is 18.4. The van der Waals surface area contributed by atoms with Gasteiger partial charge in [0, 0.05) is 85.9 Å². The maximum Gasteiger partial charge on any atom is 0.160 e. The zero-order valence-electron chi connectivity index (χ0n) is 23.4. The number of halogens is 2. The summed E-state index contributed by atoms with van der Waals surface area (Å²) in [5, 5.41) is 22.5. The predicted octanol–water partition coefficient (Wildman–Crippen LogP) is 6.51. The van der Waals surface area contributed by atoms with Gasteiger partial charge in [-0.2, -0.15) is 6.11 Å². The summed E-state index contributed by atoms with van der Waals surface area (Å²) < 4.78 is 40.5. The fraction of sp³-hybridized carbons (Fsp3) is 0.786. The molecular formula is C28H51F2O7V2Y-. The molecule has 7 nitrogen and oxygen atoms in total. The maximum absolute atomic E-state index is 14.6. The van der Waals surface area contributed by atoms with E-state index in [0.717, 1.165) is 36.7 Å². The van der Waals surface area contributed by atoms with Gasteiger partial charge in [0.1, 0.15) is 0 Å². The van der Waals surface area contributed by atoms with Crippen LogP contribution in [0.5, 0.6) is 0 Å². The Morgan fingerprint density at radius 1 is 0.850 bits per heavy atom. The summed E-state index contributed by atoms with van der Waals surface area (Å²) in [6, 6.07) is 0. The third-order valence-electron chi connectivity index (χ3n) is 7.89. The molecule has 3 radical (unpaired) electrons. The quantitative estimate of drug-likeness (QED) is 0.0590. The Bertz CT molecular complexity index is 644. The van der Waals surface area contributed by atoms with E-state index < -0.39 is 24.6 Å². The summed E-state index contributed by atoms with van der Waals surface area (Å²) >= 11 is 0. The first-order valence-electron chi connectivity index (χ1n) is 13.2. The predicted molar refractivity (Wildman–Crippen MR) is 142 cm³/mol. The number of alkyl halides is 2. The Kier molecular flexibility index (Phi) is 35.5. The first kappa shape index (κ1) is 47.7. The van der Waals surface area contributed by atoms with Crippen molar-refractivity contribution in [2.75, 3.05) is 13.2 Å². The molecule has 0 heterocycles. The van der Waals surface area contributed by atoms with Gasteiger partial charge >= 0.3 is 0 Å². The molecule has 40 heavy (non-hydrogen) atoms. The van der Waals surface area contributed by atoms with Crippen LogP contribution in [0.4, 0.5) is 8.78 Å². The second-order valence-corrected chi connectivity index (χ2v) is 10.1. The second kappa shape index (κ2) is 29.8. The zero-order valence-corrected chi connectivity index (χ0v) is 29.0. The first-order valence-corrected chi connectivity index (χ1v) is 13.2. The summed E-state index contributed by atoms with van der Waals surface area (Å²) in [5.41, 5.74) is 0. The van der Waals surface area contributed by atoms with Crippen LogP contribution >= 0.6 is 0 Å². The molecule has 3 aliphatic rings. The average Bonchev–Trinajstić information content (AvgIpc) is 2.90. The van der Waals surface area contributed by atoms with Crippen LogP contribution in [0.2, 0.25) is 0 Å². The van der Waals surface area contributed by atoms with Gasteiger partial charge < -0.3 is 26.5 Å². The van der Waals surface area contributed by atoms with Gasteiger partial charge in [-0.05, 0) is 101 Å². The maximum atomic E-state index is 14.6. The van der Waals surface area contributed by atoms with Crippen molar-refractivity contribution in [1.29, 1.82) is 0 Å². The number of hydrogen-bond donors (Lipinski definition) is 3. The Balaban J connectivity index is -0.000000249. The fourth-order valence-electron chi connectivity index (χ4n) is 5.81. The number of aliphatic hydroxyl groups is 1.